The van der Waals surface area contributed by atoms with Crippen molar-refractivity contribution in [3.63, 3.8) is 0 Å². The molecular formula is C16H16N2O3. The zero-order valence-corrected chi connectivity index (χ0v) is 11.5. The van der Waals surface area contributed by atoms with E-state index in [4.69, 9.17) is 5.11 Å². The van der Waals surface area contributed by atoms with Gasteiger partial charge in [-0.1, -0.05) is 0 Å². The van der Waals surface area contributed by atoms with Crippen molar-refractivity contribution in [2.75, 3.05) is 6.54 Å². The Morgan fingerprint density at radius 1 is 1.10 bits per heavy atom. The first-order chi connectivity index (χ1) is 10.2. The average Bonchev–Trinajstić information content (AvgIpc) is 3.18. The monoisotopic (exact) mass is 284 g/mol. The van der Waals surface area contributed by atoms with Gasteiger partial charge in [0.2, 0.25) is 0 Å². The van der Waals surface area contributed by atoms with Crippen molar-refractivity contribution in [2.24, 2.45) is 0 Å². The molecule has 1 aromatic carbocycles. The van der Waals surface area contributed by atoms with Crippen LogP contribution < -0.4 is 0 Å². The molecule has 0 radical (unpaired) electrons. The lowest BCUT2D eigenvalue weighted by molar-refractivity contribution is -0.141. The van der Waals surface area contributed by atoms with Crippen molar-refractivity contribution < 1.29 is 14.7 Å². The molecule has 3 rings (SSSR count). The molecule has 2 heterocycles. The van der Waals surface area contributed by atoms with Crippen molar-refractivity contribution in [2.45, 2.75) is 18.9 Å². The molecule has 5 nitrogen and oxygen atoms in total. The number of carboxylic acid groups (broad SMARTS) is 1. The Balaban J connectivity index is 1.80. The van der Waals surface area contributed by atoms with E-state index in [2.05, 4.69) is 0 Å². The molecule has 108 valence electrons. The number of carbonyl (C=O) groups excluding carboxylic acids is 1. The molecule has 0 saturated carbocycles. The van der Waals surface area contributed by atoms with E-state index in [0.717, 1.165) is 12.1 Å². The summed E-state index contributed by atoms with van der Waals surface area (Å²) >= 11 is 0. The van der Waals surface area contributed by atoms with Crippen molar-refractivity contribution in [3.8, 4) is 5.69 Å². The van der Waals surface area contributed by atoms with E-state index in [-0.39, 0.29) is 5.91 Å². The van der Waals surface area contributed by atoms with Gasteiger partial charge in [0.1, 0.15) is 6.04 Å². The first kappa shape index (κ1) is 13.4. The van der Waals surface area contributed by atoms with Gasteiger partial charge in [-0.15, -0.1) is 0 Å². The third kappa shape index (κ3) is 2.54. The largest absolute Gasteiger partial charge is 0.480 e. The highest BCUT2D eigenvalue weighted by Crippen LogP contribution is 2.21. The lowest BCUT2D eigenvalue weighted by Crippen LogP contribution is -2.40. The standard InChI is InChI=1S/C16H16N2O3/c19-15(18-11-3-4-14(18)16(20)21)12-5-7-13(8-6-12)17-9-1-2-10-17/h1-2,5-10,14H,3-4,11H2,(H,20,21)/t14-/m0/s1. The predicted molar refractivity (Wildman–Crippen MR) is 77.5 cm³/mol. The molecule has 1 aliphatic rings. The van der Waals surface area contributed by atoms with E-state index in [1.54, 1.807) is 12.1 Å². The molecule has 0 aliphatic carbocycles. The maximum Gasteiger partial charge on any atom is 0.326 e. The number of rotatable bonds is 3. The van der Waals surface area contributed by atoms with Crippen molar-refractivity contribution in [1.29, 1.82) is 0 Å². The number of amides is 1. The van der Waals surface area contributed by atoms with Crippen LogP contribution in [0.4, 0.5) is 0 Å². The Kier molecular flexibility index (Phi) is 3.48. The number of carbonyl (C=O) groups is 2. The lowest BCUT2D eigenvalue weighted by Gasteiger charge is -2.21. The molecule has 1 fully saturated rings. The minimum Gasteiger partial charge on any atom is -0.480 e. The second kappa shape index (κ2) is 5.44. The van der Waals surface area contributed by atoms with Crippen LogP contribution in [-0.4, -0.2) is 39.0 Å². The highest BCUT2D eigenvalue weighted by Gasteiger charge is 2.34. The van der Waals surface area contributed by atoms with E-state index >= 15 is 0 Å². The number of aromatic nitrogens is 1. The summed E-state index contributed by atoms with van der Waals surface area (Å²) in [5, 5.41) is 9.15. The van der Waals surface area contributed by atoms with E-state index in [9.17, 15) is 9.59 Å². The predicted octanol–water partition coefficient (Wildman–Crippen LogP) is 2.17. The Labute approximate surface area is 122 Å². The van der Waals surface area contributed by atoms with E-state index in [1.807, 2.05) is 41.2 Å². The second-order valence-corrected chi connectivity index (χ2v) is 5.13. The fraction of sp³-hybridized carbons (Fsp3) is 0.250. The van der Waals surface area contributed by atoms with Crippen molar-refractivity contribution >= 4 is 11.9 Å². The SMILES string of the molecule is O=C(O)[C@@H]1CCCN1C(=O)c1ccc(-n2cccc2)cc1. The summed E-state index contributed by atoms with van der Waals surface area (Å²) in [5.41, 5.74) is 1.49. The van der Waals surface area contributed by atoms with Gasteiger partial charge in [-0.25, -0.2) is 4.79 Å². The Morgan fingerprint density at radius 3 is 2.38 bits per heavy atom. The molecule has 0 spiro atoms. The van der Waals surface area contributed by atoms with Gasteiger partial charge in [-0.3, -0.25) is 4.79 Å². The number of likely N-dealkylation sites (tertiary alicyclic amines) is 1. The minimum atomic E-state index is -0.926. The van der Waals surface area contributed by atoms with Crippen LogP contribution in [0.5, 0.6) is 0 Å². The van der Waals surface area contributed by atoms with Gasteiger partial charge in [-0.2, -0.15) is 0 Å². The summed E-state index contributed by atoms with van der Waals surface area (Å²) in [6.45, 7) is 0.509. The van der Waals surface area contributed by atoms with Gasteiger partial charge in [0.15, 0.2) is 0 Å². The molecule has 1 N–H and O–H groups in total. The van der Waals surface area contributed by atoms with Gasteiger partial charge < -0.3 is 14.6 Å². The maximum atomic E-state index is 12.4. The molecule has 0 unspecified atom stereocenters. The van der Waals surface area contributed by atoms with Crippen LogP contribution >= 0.6 is 0 Å². The highest BCUT2D eigenvalue weighted by atomic mass is 16.4. The quantitative estimate of drug-likeness (QED) is 0.939. The van der Waals surface area contributed by atoms with Crippen LogP contribution in [0.1, 0.15) is 23.2 Å². The van der Waals surface area contributed by atoms with Gasteiger partial charge in [0, 0.05) is 30.2 Å². The number of benzene rings is 1. The Morgan fingerprint density at radius 2 is 1.76 bits per heavy atom. The fourth-order valence-corrected chi connectivity index (χ4v) is 2.72. The molecule has 1 saturated heterocycles. The van der Waals surface area contributed by atoms with Crippen LogP contribution in [0.3, 0.4) is 0 Å². The molecule has 2 aromatic rings. The average molecular weight is 284 g/mol. The summed E-state index contributed by atoms with van der Waals surface area (Å²) in [6.07, 6.45) is 5.13. The minimum absolute atomic E-state index is 0.209. The normalized spacial score (nSPS) is 17.9. The highest BCUT2D eigenvalue weighted by molar-refractivity contribution is 5.97. The van der Waals surface area contributed by atoms with E-state index < -0.39 is 12.0 Å². The summed E-state index contributed by atoms with van der Waals surface area (Å²) < 4.78 is 1.95. The lowest BCUT2D eigenvalue weighted by atomic mass is 10.1. The summed E-state index contributed by atoms with van der Waals surface area (Å²) in [4.78, 5) is 25.0. The summed E-state index contributed by atoms with van der Waals surface area (Å²) in [7, 11) is 0. The van der Waals surface area contributed by atoms with Crippen LogP contribution in [0.2, 0.25) is 0 Å². The third-order valence-corrected chi connectivity index (χ3v) is 3.82. The zero-order chi connectivity index (χ0) is 14.8. The van der Waals surface area contributed by atoms with Crippen LogP contribution in [0.25, 0.3) is 5.69 Å². The summed E-state index contributed by atoms with van der Waals surface area (Å²) in [6, 6.07) is 10.4. The number of hydrogen-bond donors (Lipinski definition) is 1. The Bertz CT molecular complexity index is 647. The second-order valence-electron chi connectivity index (χ2n) is 5.13. The molecular weight excluding hydrogens is 268 g/mol. The van der Waals surface area contributed by atoms with E-state index in [0.29, 0.717) is 18.5 Å². The third-order valence-electron chi connectivity index (χ3n) is 3.82. The number of aliphatic carboxylic acids is 1. The van der Waals surface area contributed by atoms with Crippen LogP contribution in [0.15, 0.2) is 48.8 Å². The van der Waals surface area contributed by atoms with E-state index in [1.165, 1.54) is 4.90 Å². The number of nitrogens with zero attached hydrogens (tertiary/aromatic N) is 2. The van der Waals surface area contributed by atoms with Gasteiger partial charge in [0.25, 0.3) is 5.91 Å². The van der Waals surface area contributed by atoms with Gasteiger partial charge in [-0.05, 0) is 49.2 Å². The number of hydrogen-bond acceptors (Lipinski definition) is 2. The molecule has 1 aromatic heterocycles. The fourth-order valence-electron chi connectivity index (χ4n) is 2.72. The van der Waals surface area contributed by atoms with Gasteiger partial charge >= 0.3 is 5.97 Å². The van der Waals surface area contributed by atoms with Crippen LogP contribution in [-0.2, 0) is 4.79 Å². The first-order valence-corrected chi connectivity index (χ1v) is 6.94. The summed E-state index contributed by atoms with van der Waals surface area (Å²) in [5.74, 6) is -1.14. The van der Waals surface area contributed by atoms with Crippen molar-refractivity contribution in [3.05, 3.63) is 54.4 Å². The smallest absolute Gasteiger partial charge is 0.326 e. The molecule has 1 atom stereocenters. The molecule has 5 heteroatoms. The van der Waals surface area contributed by atoms with Crippen molar-refractivity contribution in [1.82, 2.24) is 9.47 Å². The zero-order valence-electron chi connectivity index (χ0n) is 11.5. The molecule has 1 aliphatic heterocycles. The number of carboxylic acids is 1. The maximum absolute atomic E-state index is 12.4. The van der Waals surface area contributed by atoms with Crippen LogP contribution in [0, 0.1) is 0 Å². The Hall–Kier alpha value is -2.56. The van der Waals surface area contributed by atoms with Gasteiger partial charge in [0.05, 0.1) is 0 Å². The molecule has 1 amide bonds. The molecule has 21 heavy (non-hydrogen) atoms. The topological polar surface area (TPSA) is 62.5 Å². The molecule has 0 bridgehead atoms. The first-order valence-electron chi connectivity index (χ1n) is 6.94.